The summed E-state index contributed by atoms with van der Waals surface area (Å²) in [6.07, 6.45) is 0.971. The summed E-state index contributed by atoms with van der Waals surface area (Å²) in [5.74, 6) is -2.29. The lowest BCUT2D eigenvalue weighted by Crippen LogP contribution is -2.72. The van der Waals surface area contributed by atoms with Gasteiger partial charge in [-0.1, -0.05) is 0 Å². The maximum atomic E-state index is 11.3. The van der Waals surface area contributed by atoms with Crippen molar-refractivity contribution in [1.82, 2.24) is 0 Å². The Morgan fingerprint density at radius 2 is 1.56 bits per heavy atom. The van der Waals surface area contributed by atoms with E-state index in [2.05, 4.69) is 0 Å². The van der Waals surface area contributed by atoms with Crippen molar-refractivity contribution in [3.05, 3.63) is 0 Å². The van der Waals surface area contributed by atoms with E-state index in [9.17, 15) is 24.9 Å². The Hall–Kier alpha value is -1.10. The fourth-order valence-corrected chi connectivity index (χ4v) is 4.42. The number of hydrogen-bond donors (Lipinski definition) is 3. The first kappa shape index (κ1) is 10.1. The zero-order valence-corrected chi connectivity index (χ0v) is 8.72. The van der Waals surface area contributed by atoms with Crippen LogP contribution in [0.25, 0.3) is 0 Å². The number of aliphatic carboxylic acids is 2. The van der Waals surface area contributed by atoms with Crippen LogP contribution < -0.4 is 0 Å². The number of rotatable bonds is 2. The fourth-order valence-electron chi connectivity index (χ4n) is 4.42. The van der Waals surface area contributed by atoms with E-state index in [-0.39, 0.29) is 18.3 Å². The quantitative estimate of drug-likeness (QED) is 0.630. The number of carboxylic acid groups (broad SMARTS) is 2. The highest BCUT2D eigenvalue weighted by atomic mass is 16.4. The van der Waals surface area contributed by atoms with E-state index in [1.165, 1.54) is 0 Å². The first-order valence-corrected chi connectivity index (χ1v) is 5.57. The lowest BCUT2D eigenvalue weighted by atomic mass is 9.33. The second-order valence-corrected chi connectivity index (χ2v) is 5.62. The Balaban J connectivity index is 2.02. The van der Waals surface area contributed by atoms with Crippen molar-refractivity contribution in [2.75, 3.05) is 0 Å². The lowest BCUT2D eigenvalue weighted by molar-refractivity contribution is -0.258. The number of carbonyl (C=O) groups is 2. The first-order valence-electron chi connectivity index (χ1n) is 5.57. The maximum Gasteiger partial charge on any atom is 0.310 e. The molecule has 4 bridgehead atoms. The molecule has 0 radical (unpaired) electrons. The van der Waals surface area contributed by atoms with E-state index in [0.29, 0.717) is 19.3 Å². The van der Waals surface area contributed by atoms with Gasteiger partial charge < -0.3 is 15.3 Å². The van der Waals surface area contributed by atoms with Gasteiger partial charge in [-0.2, -0.15) is 0 Å². The van der Waals surface area contributed by atoms with Crippen LogP contribution in [0.5, 0.6) is 0 Å². The van der Waals surface area contributed by atoms with Gasteiger partial charge in [0.2, 0.25) is 0 Å². The third-order valence-corrected chi connectivity index (χ3v) is 5.09. The summed E-state index contributed by atoms with van der Waals surface area (Å²) in [6.45, 7) is 0. The Labute approximate surface area is 92.1 Å². The zero-order valence-electron chi connectivity index (χ0n) is 8.72. The molecular weight excluding hydrogens is 212 g/mol. The highest BCUT2D eigenvalue weighted by Crippen LogP contribution is 2.74. The number of aliphatic hydroxyl groups is 1. The molecule has 3 N–H and O–H groups in total. The van der Waals surface area contributed by atoms with Gasteiger partial charge in [0.25, 0.3) is 0 Å². The molecule has 0 spiro atoms. The van der Waals surface area contributed by atoms with Gasteiger partial charge in [0.05, 0.1) is 16.9 Å². The highest BCUT2D eigenvalue weighted by molar-refractivity contribution is 5.86. The van der Waals surface area contributed by atoms with Crippen molar-refractivity contribution in [2.24, 2.45) is 22.7 Å². The molecule has 0 aliphatic heterocycles. The van der Waals surface area contributed by atoms with Crippen LogP contribution in [0, 0.1) is 22.7 Å². The highest BCUT2D eigenvalue weighted by Gasteiger charge is 2.77. The summed E-state index contributed by atoms with van der Waals surface area (Å²) in [4.78, 5) is 22.6. The van der Waals surface area contributed by atoms with E-state index in [4.69, 9.17) is 0 Å². The Morgan fingerprint density at radius 1 is 1.06 bits per heavy atom. The van der Waals surface area contributed by atoms with Gasteiger partial charge in [0.1, 0.15) is 0 Å². The fraction of sp³-hybridized carbons (Fsp3) is 0.818. The molecule has 88 valence electrons. The van der Waals surface area contributed by atoms with Gasteiger partial charge in [0.15, 0.2) is 0 Å². The standard InChI is InChI=1S/C11H14O5/c12-6-1-7-10(8(13)14)2-5(6)3-11(7,4-10)9(15)16/h5-7,12H,1-4H2,(H,13,14)(H,15,16). The van der Waals surface area contributed by atoms with E-state index in [0.717, 1.165) is 0 Å². The summed E-state index contributed by atoms with van der Waals surface area (Å²) in [5.41, 5.74) is -1.72. The van der Waals surface area contributed by atoms with Crippen LogP contribution in [0.1, 0.15) is 25.7 Å². The summed E-state index contributed by atoms with van der Waals surface area (Å²) >= 11 is 0. The van der Waals surface area contributed by atoms with Crippen molar-refractivity contribution in [2.45, 2.75) is 31.8 Å². The van der Waals surface area contributed by atoms with Crippen LogP contribution in [-0.4, -0.2) is 33.4 Å². The average molecular weight is 226 g/mol. The summed E-state index contributed by atoms with van der Waals surface area (Å²) < 4.78 is 0. The van der Waals surface area contributed by atoms with Gasteiger partial charge in [0, 0.05) is 0 Å². The van der Waals surface area contributed by atoms with Gasteiger partial charge in [-0.15, -0.1) is 0 Å². The smallest absolute Gasteiger partial charge is 0.310 e. The molecule has 5 saturated carbocycles. The minimum atomic E-state index is -0.883. The minimum Gasteiger partial charge on any atom is -0.481 e. The predicted octanol–water partition coefficient (Wildman–Crippen LogP) is 0.323. The van der Waals surface area contributed by atoms with Crippen molar-refractivity contribution in [3.8, 4) is 0 Å². The first-order chi connectivity index (χ1) is 7.42. The van der Waals surface area contributed by atoms with E-state index < -0.39 is 28.9 Å². The molecule has 0 aromatic carbocycles. The topological polar surface area (TPSA) is 94.8 Å². The van der Waals surface area contributed by atoms with E-state index >= 15 is 0 Å². The Morgan fingerprint density at radius 3 is 1.94 bits per heavy atom. The predicted molar refractivity (Wildman–Crippen MR) is 51.6 cm³/mol. The molecule has 0 amide bonds. The molecule has 0 heterocycles. The van der Waals surface area contributed by atoms with Crippen molar-refractivity contribution < 1.29 is 24.9 Å². The molecule has 5 fully saturated rings. The molecular formula is C11H14O5. The van der Waals surface area contributed by atoms with Gasteiger partial charge in [-0.25, -0.2) is 0 Å². The lowest BCUT2D eigenvalue weighted by Gasteiger charge is -2.69. The largest absolute Gasteiger partial charge is 0.481 e. The molecule has 5 rings (SSSR count). The van der Waals surface area contributed by atoms with Gasteiger partial charge >= 0.3 is 11.9 Å². The Kier molecular flexibility index (Phi) is 1.63. The molecule has 5 aliphatic rings. The van der Waals surface area contributed by atoms with Crippen molar-refractivity contribution >= 4 is 11.9 Å². The summed E-state index contributed by atoms with van der Waals surface area (Å²) in [6, 6.07) is 0. The maximum absolute atomic E-state index is 11.3. The molecule has 5 heteroatoms. The average Bonchev–Trinajstić information content (AvgIpc) is 2.22. The van der Waals surface area contributed by atoms with E-state index in [1.807, 2.05) is 0 Å². The normalized spacial score (nSPS) is 53.2. The number of carboxylic acids is 2. The molecule has 0 aromatic heterocycles. The number of aliphatic hydroxyl groups excluding tert-OH is 1. The second kappa shape index (κ2) is 2.59. The van der Waals surface area contributed by atoms with Gasteiger partial charge in [-0.3, -0.25) is 9.59 Å². The summed E-state index contributed by atoms with van der Waals surface area (Å²) in [5, 5.41) is 28.3. The van der Waals surface area contributed by atoms with Gasteiger partial charge in [-0.05, 0) is 37.5 Å². The second-order valence-electron chi connectivity index (χ2n) is 5.62. The SMILES string of the molecule is O=C(O)C12CC3CC(C(=O)O)(C1)C2CC3O. The zero-order chi connectivity index (χ0) is 11.7. The molecule has 0 saturated heterocycles. The molecule has 3 atom stereocenters. The molecule has 5 aliphatic carbocycles. The van der Waals surface area contributed by atoms with Crippen molar-refractivity contribution in [3.63, 3.8) is 0 Å². The summed E-state index contributed by atoms with van der Waals surface area (Å²) in [7, 11) is 0. The van der Waals surface area contributed by atoms with Crippen LogP contribution >= 0.6 is 0 Å². The number of fused-ring (bicyclic) bond motifs is 1. The van der Waals surface area contributed by atoms with Crippen LogP contribution in [0.15, 0.2) is 0 Å². The van der Waals surface area contributed by atoms with Crippen LogP contribution in [-0.2, 0) is 9.59 Å². The third kappa shape index (κ3) is 0.830. The minimum absolute atomic E-state index is 0.147. The van der Waals surface area contributed by atoms with Crippen LogP contribution in [0.4, 0.5) is 0 Å². The molecule has 0 aromatic rings. The number of hydrogen-bond acceptors (Lipinski definition) is 3. The van der Waals surface area contributed by atoms with E-state index in [1.54, 1.807) is 0 Å². The van der Waals surface area contributed by atoms with Crippen molar-refractivity contribution in [1.29, 1.82) is 0 Å². The monoisotopic (exact) mass is 226 g/mol. The molecule has 5 nitrogen and oxygen atoms in total. The van der Waals surface area contributed by atoms with Crippen LogP contribution in [0.3, 0.4) is 0 Å². The molecule has 16 heavy (non-hydrogen) atoms. The Bertz CT molecular complexity index is 362. The molecule has 3 unspecified atom stereocenters. The third-order valence-electron chi connectivity index (χ3n) is 5.09. The van der Waals surface area contributed by atoms with Crippen LogP contribution in [0.2, 0.25) is 0 Å².